The molecular formula is C16H21N3O4S. The van der Waals surface area contributed by atoms with Crippen molar-refractivity contribution in [3.05, 3.63) is 35.5 Å². The topological polar surface area (TPSA) is 85.5 Å². The first-order chi connectivity index (χ1) is 11.3. The number of aryl methyl sites for hydroxylation is 1. The van der Waals surface area contributed by atoms with Crippen molar-refractivity contribution in [3.8, 4) is 5.75 Å². The zero-order valence-electron chi connectivity index (χ0n) is 14.2. The van der Waals surface area contributed by atoms with Gasteiger partial charge in [0.05, 0.1) is 17.9 Å². The average Bonchev–Trinajstić information content (AvgIpc) is 2.95. The van der Waals surface area contributed by atoms with E-state index in [0.29, 0.717) is 30.6 Å². The van der Waals surface area contributed by atoms with Crippen LogP contribution in [0.3, 0.4) is 0 Å². The predicted octanol–water partition coefficient (Wildman–Crippen LogP) is 2.30. The summed E-state index contributed by atoms with van der Waals surface area (Å²) in [5.41, 5.74) is 0.786. The lowest BCUT2D eigenvalue weighted by molar-refractivity contribution is 0.216. The van der Waals surface area contributed by atoms with E-state index in [4.69, 9.17) is 9.26 Å². The fourth-order valence-electron chi connectivity index (χ4n) is 2.60. The molecule has 8 heteroatoms. The van der Waals surface area contributed by atoms with Gasteiger partial charge in [0, 0.05) is 19.0 Å². The lowest BCUT2D eigenvalue weighted by Gasteiger charge is -2.35. The fourth-order valence-corrected chi connectivity index (χ4v) is 4.21. The van der Waals surface area contributed by atoms with Gasteiger partial charge in [-0.1, -0.05) is 19.0 Å². The summed E-state index contributed by atoms with van der Waals surface area (Å²) in [5, 5.41) is 3.93. The van der Waals surface area contributed by atoms with Gasteiger partial charge in [-0.2, -0.15) is 9.29 Å². The number of hydrogen-bond acceptors (Lipinski definition) is 6. The van der Waals surface area contributed by atoms with E-state index in [1.807, 2.05) is 20.8 Å². The summed E-state index contributed by atoms with van der Waals surface area (Å²) in [4.78, 5) is 4.61. The molecule has 0 unspecified atom stereocenters. The third kappa shape index (κ3) is 2.91. The molecule has 1 aromatic heterocycles. The van der Waals surface area contributed by atoms with Crippen molar-refractivity contribution in [3.63, 3.8) is 0 Å². The molecule has 2 heterocycles. The molecule has 24 heavy (non-hydrogen) atoms. The van der Waals surface area contributed by atoms with Crippen LogP contribution in [0.1, 0.15) is 43.0 Å². The van der Waals surface area contributed by atoms with E-state index < -0.39 is 10.0 Å². The Balaban J connectivity index is 1.73. The molecule has 0 aliphatic carbocycles. The van der Waals surface area contributed by atoms with Gasteiger partial charge in [-0.15, -0.1) is 0 Å². The van der Waals surface area contributed by atoms with Gasteiger partial charge in [-0.25, -0.2) is 8.42 Å². The first-order valence-corrected chi connectivity index (χ1v) is 9.25. The van der Waals surface area contributed by atoms with Gasteiger partial charge in [0.25, 0.3) is 0 Å². The highest BCUT2D eigenvalue weighted by Crippen LogP contribution is 2.32. The molecule has 2 aromatic rings. The number of rotatable bonds is 5. The highest BCUT2D eigenvalue weighted by molar-refractivity contribution is 7.89. The van der Waals surface area contributed by atoms with E-state index in [1.165, 1.54) is 4.31 Å². The van der Waals surface area contributed by atoms with Gasteiger partial charge in [0.15, 0.2) is 5.82 Å². The Morgan fingerprint density at radius 3 is 2.58 bits per heavy atom. The molecule has 1 aliphatic heterocycles. The summed E-state index contributed by atoms with van der Waals surface area (Å²) in [6.45, 7) is 6.50. The number of benzene rings is 1. The Hall–Kier alpha value is -1.93. The molecule has 1 fully saturated rings. The molecule has 1 aliphatic rings. The third-order valence-corrected chi connectivity index (χ3v) is 6.00. The largest absolute Gasteiger partial charge is 0.496 e. The van der Waals surface area contributed by atoms with E-state index >= 15 is 0 Å². The van der Waals surface area contributed by atoms with Crippen molar-refractivity contribution in [2.45, 2.75) is 37.5 Å². The van der Waals surface area contributed by atoms with Crippen LogP contribution in [0.15, 0.2) is 27.6 Å². The SMILES string of the molecule is COc1ccc(S(=O)(=O)N2CC(c3nc(C(C)C)no3)C2)cc1C. The summed E-state index contributed by atoms with van der Waals surface area (Å²) >= 11 is 0. The van der Waals surface area contributed by atoms with Crippen LogP contribution in [-0.2, 0) is 10.0 Å². The Bertz CT molecular complexity index is 839. The first kappa shape index (κ1) is 16.9. The predicted molar refractivity (Wildman–Crippen MR) is 87.6 cm³/mol. The second-order valence-corrected chi connectivity index (χ2v) is 8.23. The van der Waals surface area contributed by atoms with Crippen LogP contribution in [-0.4, -0.2) is 43.1 Å². The van der Waals surface area contributed by atoms with Crippen molar-refractivity contribution >= 4 is 10.0 Å². The normalized spacial score (nSPS) is 16.4. The summed E-state index contributed by atoms with van der Waals surface area (Å²) in [7, 11) is -1.95. The fraction of sp³-hybridized carbons (Fsp3) is 0.500. The van der Waals surface area contributed by atoms with E-state index in [-0.39, 0.29) is 16.7 Å². The van der Waals surface area contributed by atoms with Crippen LogP contribution in [0, 0.1) is 6.92 Å². The molecule has 0 spiro atoms. The van der Waals surface area contributed by atoms with Gasteiger partial charge in [-0.3, -0.25) is 0 Å². The van der Waals surface area contributed by atoms with Crippen molar-refractivity contribution in [1.82, 2.24) is 14.4 Å². The standard InChI is InChI=1S/C16H21N3O4S/c1-10(2)15-17-16(23-18-15)12-8-19(9-12)24(20,21)13-5-6-14(22-4)11(3)7-13/h5-7,10,12H,8-9H2,1-4H3. The summed E-state index contributed by atoms with van der Waals surface area (Å²) in [6, 6.07) is 4.87. The zero-order chi connectivity index (χ0) is 17.5. The molecule has 0 saturated carbocycles. The Kier molecular flexibility index (Phi) is 4.35. The number of methoxy groups -OCH3 is 1. The van der Waals surface area contributed by atoms with Gasteiger partial charge < -0.3 is 9.26 Å². The van der Waals surface area contributed by atoms with Crippen LogP contribution < -0.4 is 4.74 Å². The molecule has 0 atom stereocenters. The second kappa shape index (κ2) is 6.18. The minimum Gasteiger partial charge on any atom is -0.496 e. The van der Waals surface area contributed by atoms with Gasteiger partial charge in [0.2, 0.25) is 15.9 Å². The highest BCUT2D eigenvalue weighted by Gasteiger charge is 2.40. The van der Waals surface area contributed by atoms with Gasteiger partial charge >= 0.3 is 0 Å². The smallest absolute Gasteiger partial charge is 0.243 e. The molecule has 0 radical (unpaired) electrons. The number of aromatic nitrogens is 2. The Morgan fingerprint density at radius 2 is 2.04 bits per heavy atom. The molecule has 0 bridgehead atoms. The van der Waals surface area contributed by atoms with E-state index in [9.17, 15) is 8.42 Å². The van der Waals surface area contributed by atoms with E-state index in [2.05, 4.69) is 10.1 Å². The monoisotopic (exact) mass is 351 g/mol. The molecule has 1 aromatic carbocycles. The molecular weight excluding hydrogens is 330 g/mol. The number of nitrogens with zero attached hydrogens (tertiary/aromatic N) is 3. The van der Waals surface area contributed by atoms with Crippen molar-refractivity contribution in [1.29, 1.82) is 0 Å². The number of hydrogen-bond donors (Lipinski definition) is 0. The Labute approximate surface area is 141 Å². The average molecular weight is 351 g/mol. The number of sulfonamides is 1. The minimum absolute atomic E-state index is 0.0425. The number of ether oxygens (including phenoxy) is 1. The highest BCUT2D eigenvalue weighted by atomic mass is 32.2. The van der Waals surface area contributed by atoms with Crippen LogP contribution in [0.5, 0.6) is 5.75 Å². The molecule has 0 N–H and O–H groups in total. The van der Waals surface area contributed by atoms with Crippen LogP contribution in [0.4, 0.5) is 0 Å². The van der Waals surface area contributed by atoms with Crippen molar-refractivity contribution in [2.24, 2.45) is 0 Å². The van der Waals surface area contributed by atoms with Crippen LogP contribution in [0.25, 0.3) is 0 Å². The summed E-state index contributed by atoms with van der Waals surface area (Å²) in [6.07, 6.45) is 0. The zero-order valence-corrected chi connectivity index (χ0v) is 15.0. The molecule has 3 rings (SSSR count). The minimum atomic E-state index is -3.51. The second-order valence-electron chi connectivity index (χ2n) is 6.30. The van der Waals surface area contributed by atoms with Crippen molar-refractivity contribution in [2.75, 3.05) is 20.2 Å². The summed E-state index contributed by atoms with van der Waals surface area (Å²) < 4.78 is 37.2. The lowest BCUT2D eigenvalue weighted by Crippen LogP contribution is -2.48. The molecule has 0 amide bonds. The van der Waals surface area contributed by atoms with E-state index in [0.717, 1.165) is 5.56 Å². The first-order valence-electron chi connectivity index (χ1n) is 7.81. The van der Waals surface area contributed by atoms with E-state index in [1.54, 1.807) is 25.3 Å². The van der Waals surface area contributed by atoms with Gasteiger partial charge in [-0.05, 0) is 30.7 Å². The van der Waals surface area contributed by atoms with Crippen LogP contribution in [0.2, 0.25) is 0 Å². The Morgan fingerprint density at radius 1 is 1.33 bits per heavy atom. The van der Waals surface area contributed by atoms with Crippen molar-refractivity contribution < 1.29 is 17.7 Å². The maximum atomic E-state index is 12.7. The summed E-state index contributed by atoms with van der Waals surface area (Å²) in [5.74, 6) is 1.97. The van der Waals surface area contributed by atoms with Gasteiger partial charge in [0.1, 0.15) is 5.75 Å². The quantitative estimate of drug-likeness (QED) is 0.822. The third-order valence-electron chi connectivity index (χ3n) is 4.18. The van der Waals surface area contributed by atoms with Crippen LogP contribution >= 0.6 is 0 Å². The molecule has 1 saturated heterocycles. The maximum absolute atomic E-state index is 12.7. The maximum Gasteiger partial charge on any atom is 0.243 e. The molecule has 7 nitrogen and oxygen atoms in total. The lowest BCUT2D eigenvalue weighted by atomic mass is 10.0. The molecule has 130 valence electrons.